The normalized spacial score (nSPS) is 21.5. The molecule has 1 fully saturated rings. The zero-order chi connectivity index (χ0) is 15.5. The van der Waals surface area contributed by atoms with Gasteiger partial charge in [-0.25, -0.2) is 0 Å². The molecule has 1 aromatic heterocycles. The number of aromatic nitrogens is 1. The SMILES string of the molecule is Cc1ccc([C@@H]2OCCC[C@@H]2NC(=O)c2cc(C)on2)cc1. The molecule has 1 aliphatic heterocycles. The standard InChI is InChI=1S/C17H20N2O3/c1-11-5-7-13(8-6-11)16-14(4-3-9-21-16)18-17(20)15-10-12(2)22-19-15/h5-8,10,14,16H,3-4,9H2,1-2H3,(H,18,20)/t14-,16-/m0/s1. The van der Waals surface area contributed by atoms with Crippen molar-refractivity contribution >= 4 is 5.91 Å². The molecule has 0 aliphatic carbocycles. The van der Waals surface area contributed by atoms with E-state index >= 15 is 0 Å². The average molecular weight is 300 g/mol. The Morgan fingerprint density at radius 3 is 2.73 bits per heavy atom. The van der Waals surface area contributed by atoms with Crippen LogP contribution in [0.4, 0.5) is 0 Å². The van der Waals surface area contributed by atoms with E-state index in [-0.39, 0.29) is 18.1 Å². The Morgan fingerprint density at radius 2 is 2.05 bits per heavy atom. The van der Waals surface area contributed by atoms with Crippen molar-refractivity contribution in [2.24, 2.45) is 0 Å². The van der Waals surface area contributed by atoms with Gasteiger partial charge >= 0.3 is 0 Å². The van der Waals surface area contributed by atoms with Gasteiger partial charge in [-0.15, -0.1) is 0 Å². The summed E-state index contributed by atoms with van der Waals surface area (Å²) < 4.78 is 10.9. The predicted octanol–water partition coefficient (Wildman–Crippen LogP) is 2.94. The maximum atomic E-state index is 12.3. The minimum atomic E-state index is -0.218. The predicted molar refractivity (Wildman–Crippen MR) is 81.6 cm³/mol. The Hall–Kier alpha value is -2.14. The Morgan fingerprint density at radius 1 is 1.27 bits per heavy atom. The molecule has 22 heavy (non-hydrogen) atoms. The zero-order valence-electron chi connectivity index (χ0n) is 12.8. The molecule has 0 saturated carbocycles. The summed E-state index contributed by atoms with van der Waals surface area (Å²) >= 11 is 0. The molecule has 0 unspecified atom stereocenters. The third kappa shape index (κ3) is 3.20. The van der Waals surface area contributed by atoms with Gasteiger partial charge in [0.25, 0.3) is 5.91 Å². The van der Waals surface area contributed by atoms with Gasteiger partial charge < -0.3 is 14.6 Å². The molecule has 116 valence electrons. The van der Waals surface area contributed by atoms with E-state index in [0.29, 0.717) is 18.1 Å². The summed E-state index contributed by atoms with van der Waals surface area (Å²) in [5.74, 6) is 0.407. The first-order valence-corrected chi connectivity index (χ1v) is 7.56. The van der Waals surface area contributed by atoms with E-state index in [4.69, 9.17) is 9.26 Å². The fourth-order valence-corrected chi connectivity index (χ4v) is 2.73. The molecule has 3 rings (SSSR count). The number of ether oxygens (including phenoxy) is 1. The Bertz CT molecular complexity index is 648. The molecule has 5 heteroatoms. The summed E-state index contributed by atoms with van der Waals surface area (Å²) in [7, 11) is 0. The highest BCUT2D eigenvalue weighted by atomic mass is 16.5. The van der Waals surface area contributed by atoms with Crippen LogP contribution in [-0.4, -0.2) is 23.7 Å². The maximum Gasteiger partial charge on any atom is 0.273 e. The monoisotopic (exact) mass is 300 g/mol. The fraction of sp³-hybridized carbons (Fsp3) is 0.412. The van der Waals surface area contributed by atoms with E-state index in [1.165, 1.54) is 5.56 Å². The van der Waals surface area contributed by atoms with Crippen LogP contribution in [0.2, 0.25) is 0 Å². The van der Waals surface area contributed by atoms with Crippen molar-refractivity contribution in [2.75, 3.05) is 6.61 Å². The van der Waals surface area contributed by atoms with Crippen LogP contribution in [0.1, 0.15) is 46.3 Å². The summed E-state index contributed by atoms with van der Waals surface area (Å²) in [6.45, 7) is 4.54. The molecule has 1 amide bonds. The molecule has 1 saturated heterocycles. The molecule has 2 atom stereocenters. The first-order valence-electron chi connectivity index (χ1n) is 7.56. The van der Waals surface area contributed by atoms with Crippen molar-refractivity contribution in [1.29, 1.82) is 0 Å². The van der Waals surface area contributed by atoms with Gasteiger partial charge in [0.2, 0.25) is 0 Å². The van der Waals surface area contributed by atoms with Gasteiger partial charge in [-0.05, 0) is 32.3 Å². The second-order valence-electron chi connectivity index (χ2n) is 5.75. The number of benzene rings is 1. The summed E-state index contributed by atoms with van der Waals surface area (Å²) in [5.41, 5.74) is 2.61. The number of hydrogen-bond donors (Lipinski definition) is 1. The van der Waals surface area contributed by atoms with E-state index in [2.05, 4.69) is 41.7 Å². The van der Waals surface area contributed by atoms with Crippen molar-refractivity contribution in [2.45, 2.75) is 38.8 Å². The molecule has 2 aromatic rings. The molecule has 1 aromatic carbocycles. The number of amides is 1. The van der Waals surface area contributed by atoms with Gasteiger partial charge in [0, 0.05) is 12.7 Å². The molecule has 2 heterocycles. The lowest BCUT2D eigenvalue weighted by Gasteiger charge is -2.32. The van der Waals surface area contributed by atoms with Crippen LogP contribution in [0, 0.1) is 13.8 Å². The minimum Gasteiger partial charge on any atom is -0.371 e. The number of hydrogen-bond acceptors (Lipinski definition) is 4. The summed E-state index contributed by atoms with van der Waals surface area (Å²) in [6, 6.07) is 9.83. The lowest BCUT2D eigenvalue weighted by Crippen LogP contribution is -2.42. The van der Waals surface area contributed by atoms with Crippen molar-refractivity contribution < 1.29 is 14.1 Å². The van der Waals surface area contributed by atoms with Crippen LogP contribution in [-0.2, 0) is 4.74 Å². The largest absolute Gasteiger partial charge is 0.371 e. The lowest BCUT2D eigenvalue weighted by molar-refractivity contribution is -0.00955. The topological polar surface area (TPSA) is 64.4 Å². The first kappa shape index (κ1) is 14.8. The van der Waals surface area contributed by atoms with Gasteiger partial charge in [0.1, 0.15) is 11.9 Å². The van der Waals surface area contributed by atoms with Crippen LogP contribution >= 0.6 is 0 Å². The van der Waals surface area contributed by atoms with Crippen LogP contribution in [0.3, 0.4) is 0 Å². The lowest BCUT2D eigenvalue weighted by atomic mass is 9.95. The van der Waals surface area contributed by atoms with E-state index in [1.54, 1.807) is 13.0 Å². The second-order valence-corrected chi connectivity index (χ2v) is 5.75. The van der Waals surface area contributed by atoms with Crippen LogP contribution in [0.15, 0.2) is 34.9 Å². The molecule has 1 N–H and O–H groups in total. The molecular formula is C17H20N2O3. The number of rotatable bonds is 3. The Labute approximate surface area is 129 Å². The fourth-order valence-electron chi connectivity index (χ4n) is 2.73. The van der Waals surface area contributed by atoms with Crippen LogP contribution < -0.4 is 5.32 Å². The summed E-state index contributed by atoms with van der Waals surface area (Å²) in [4.78, 5) is 12.3. The van der Waals surface area contributed by atoms with Gasteiger partial charge in [-0.3, -0.25) is 4.79 Å². The number of nitrogens with one attached hydrogen (secondary N) is 1. The summed E-state index contributed by atoms with van der Waals surface area (Å²) in [5, 5.41) is 6.79. The number of aryl methyl sites for hydroxylation is 2. The third-order valence-corrected chi connectivity index (χ3v) is 3.91. The molecule has 0 bridgehead atoms. The summed E-state index contributed by atoms with van der Waals surface area (Å²) in [6.07, 6.45) is 1.71. The maximum absolute atomic E-state index is 12.3. The van der Waals surface area contributed by atoms with Gasteiger partial charge in [0.05, 0.1) is 6.04 Å². The number of carbonyl (C=O) groups is 1. The smallest absolute Gasteiger partial charge is 0.273 e. The zero-order valence-corrected chi connectivity index (χ0v) is 12.8. The molecular weight excluding hydrogens is 280 g/mol. The average Bonchev–Trinajstić information content (AvgIpc) is 2.95. The van der Waals surface area contributed by atoms with Crippen molar-refractivity contribution in [1.82, 2.24) is 10.5 Å². The minimum absolute atomic E-state index is 0.0547. The van der Waals surface area contributed by atoms with E-state index in [9.17, 15) is 4.79 Å². The first-order chi connectivity index (χ1) is 10.6. The Balaban J connectivity index is 1.75. The molecule has 1 aliphatic rings. The molecule has 0 radical (unpaired) electrons. The molecule has 5 nitrogen and oxygen atoms in total. The molecule has 0 spiro atoms. The van der Waals surface area contributed by atoms with Crippen molar-refractivity contribution in [3.8, 4) is 0 Å². The number of carbonyl (C=O) groups excluding carboxylic acids is 1. The van der Waals surface area contributed by atoms with E-state index < -0.39 is 0 Å². The quantitative estimate of drug-likeness (QED) is 0.946. The third-order valence-electron chi connectivity index (χ3n) is 3.91. The van der Waals surface area contributed by atoms with Crippen LogP contribution in [0.25, 0.3) is 0 Å². The highest BCUT2D eigenvalue weighted by Gasteiger charge is 2.29. The number of nitrogens with zero attached hydrogens (tertiary/aromatic N) is 1. The van der Waals surface area contributed by atoms with Crippen molar-refractivity contribution in [3.05, 3.63) is 52.9 Å². The van der Waals surface area contributed by atoms with Crippen LogP contribution in [0.5, 0.6) is 0 Å². The van der Waals surface area contributed by atoms with E-state index in [0.717, 1.165) is 18.4 Å². The van der Waals surface area contributed by atoms with Gasteiger partial charge in [-0.2, -0.15) is 0 Å². The van der Waals surface area contributed by atoms with Gasteiger partial charge in [-0.1, -0.05) is 35.0 Å². The van der Waals surface area contributed by atoms with E-state index in [1.807, 2.05) is 0 Å². The van der Waals surface area contributed by atoms with Crippen molar-refractivity contribution in [3.63, 3.8) is 0 Å². The highest BCUT2D eigenvalue weighted by Crippen LogP contribution is 2.28. The Kier molecular flexibility index (Phi) is 4.24. The van der Waals surface area contributed by atoms with Gasteiger partial charge in [0.15, 0.2) is 5.69 Å². The second kappa shape index (κ2) is 6.32. The highest BCUT2D eigenvalue weighted by molar-refractivity contribution is 5.92.